The average molecular weight is 589 g/mol. The Morgan fingerprint density at radius 1 is 1.12 bits per heavy atom. The second-order valence-electron chi connectivity index (χ2n) is 10.1. The van der Waals surface area contributed by atoms with Crippen LogP contribution in [0, 0.1) is 11.6 Å². The molecule has 0 saturated carbocycles. The number of rotatable bonds is 3. The zero-order valence-electron chi connectivity index (χ0n) is 21.5. The zero-order valence-corrected chi connectivity index (χ0v) is 22.3. The maximum atomic E-state index is 14.7. The molecule has 2 aromatic rings. The second-order valence-corrected chi connectivity index (χ2v) is 10.5. The van der Waals surface area contributed by atoms with E-state index in [1.807, 2.05) is 0 Å². The maximum Gasteiger partial charge on any atom is 0.418 e. The van der Waals surface area contributed by atoms with E-state index in [1.54, 1.807) is 0 Å². The highest BCUT2D eigenvalue weighted by atomic mass is 35.5. The number of benzene rings is 1. The van der Waals surface area contributed by atoms with Crippen LogP contribution in [0.1, 0.15) is 48.8 Å². The largest absolute Gasteiger partial charge is 0.443 e. The molecule has 1 aromatic carbocycles. The number of pyridine rings is 1. The number of ether oxygens (including phenoxy) is 1. The molecule has 0 spiro atoms. The average Bonchev–Trinajstić information content (AvgIpc) is 3.39. The fourth-order valence-corrected chi connectivity index (χ4v) is 4.56. The first-order valence-corrected chi connectivity index (χ1v) is 12.2. The molecule has 4 rings (SSSR count). The minimum Gasteiger partial charge on any atom is -0.443 e. The molecule has 15 heteroatoms. The second kappa shape index (κ2) is 9.98. The number of hydrogen-bond donors (Lipinski definition) is 0. The molecule has 2 aliphatic rings. The molecule has 4 amide bonds. The Balaban J connectivity index is 1.84. The van der Waals surface area contributed by atoms with Crippen molar-refractivity contribution in [3.63, 3.8) is 0 Å². The van der Waals surface area contributed by atoms with Crippen LogP contribution in [0.4, 0.5) is 43.0 Å². The molecule has 1 aliphatic heterocycles. The number of ketones is 1. The van der Waals surface area contributed by atoms with E-state index >= 15 is 0 Å². The third-order valence-corrected chi connectivity index (χ3v) is 6.59. The molecule has 0 radical (unpaired) electrons. The molecule has 1 aliphatic carbocycles. The molecule has 214 valence electrons. The lowest BCUT2D eigenvalue weighted by Crippen LogP contribution is -2.47. The van der Waals surface area contributed by atoms with Gasteiger partial charge in [0.2, 0.25) is 0 Å². The van der Waals surface area contributed by atoms with Crippen molar-refractivity contribution < 1.29 is 45.9 Å². The van der Waals surface area contributed by atoms with Gasteiger partial charge in [0.25, 0.3) is 5.91 Å². The van der Waals surface area contributed by atoms with Gasteiger partial charge >= 0.3 is 18.3 Å². The summed E-state index contributed by atoms with van der Waals surface area (Å²) >= 11 is 5.62. The summed E-state index contributed by atoms with van der Waals surface area (Å²) in [6.45, 7) is 3.79. The van der Waals surface area contributed by atoms with E-state index in [0.717, 1.165) is 19.2 Å². The van der Waals surface area contributed by atoms with Crippen molar-refractivity contribution in [2.24, 2.45) is 0 Å². The van der Waals surface area contributed by atoms with Crippen LogP contribution < -0.4 is 9.80 Å². The van der Waals surface area contributed by atoms with Crippen molar-refractivity contribution in [3.8, 4) is 0 Å². The van der Waals surface area contributed by atoms with Gasteiger partial charge in [-0.1, -0.05) is 11.6 Å². The van der Waals surface area contributed by atoms with E-state index in [2.05, 4.69) is 4.98 Å². The number of fused-ring (bicyclic) bond motifs is 1. The lowest BCUT2D eigenvalue weighted by atomic mass is 10.1. The van der Waals surface area contributed by atoms with Crippen molar-refractivity contribution >= 4 is 46.9 Å². The fourth-order valence-electron chi connectivity index (χ4n) is 4.40. The Kier molecular flexibility index (Phi) is 7.28. The number of likely N-dealkylation sites (N-methyl/N-ethyl adjacent to an activating group) is 1. The monoisotopic (exact) mass is 588 g/mol. The molecule has 2 heterocycles. The third kappa shape index (κ3) is 5.19. The molecule has 1 unspecified atom stereocenters. The molecular formula is C25H22ClF5N4O5. The number of Topliss-reactive ketones (excluding diaryl/α,β-unsaturated/α-hetero) is 1. The topological polar surface area (TPSA) is 100 Å². The summed E-state index contributed by atoms with van der Waals surface area (Å²) in [7, 11) is 1.06. The van der Waals surface area contributed by atoms with Crippen LogP contribution in [0.3, 0.4) is 0 Å². The first-order chi connectivity index (χ1) is 18.4. The summed E-state index contributed by atoms with van der Waals surface area (Å²) in [5.41, 5.74) is -3.67. The summed E-state index contributed by atoms with van der Waals surface area (Å²) < 4.78 is 75.5. The normalized spacial score (nSPS) is 17.4. The van der Waals surface area contributed by atoms with Crippen molar-refractivity contribution in [1.82, 2.24) is 9.88 Å². The Morgan fingerprint density at radius 3 is 2.38 bits per heavy atom. The smallest absolute Gasteiger partial charge is 0.418 e. The lowest BCUT2D eigenvalue weighted by Gasteiger charge is -2.27. The highest BCUT2D eigenvalue weighted by Gasteiger charge is 2.49. The number of urea groups is 1. The first-order valence-electron chi connectivity index (χ1n) is 11.8. The predicted octanol–water partition coefficient (Wildman–Crippen LogP) is 5.37. The van der Waals surface area contributed by atoms with Gasteiger partial charge in [0.15, 0.2) is 11.6 Å². The number of halogens is 6. The van der Waals surface area contributed by atoms with Gasteiger partial charge in [-0.25, -0.2) is 28.3 Å². The van der Waals surface area contributed by atoms with Crippen LogP contribution in [0.15, 0.2) is 18.2 Å². The lowest BCUT2D eigenvalue weighted by molar-refractivity contribution is -0.138. The Bertz CT molecular complexity index is 1440. The fraction of sp³-hybridized carbons (Fsp3) is 0.400. The minimum absolute atomic E-state index is 0.218. The number of amides is 4. The molecule has 0 bridgehead atoms. The summed E-state index contributed by atoms with van der Waals surface area (Å²) in [4.78, 5) is 57.9. The van der Waals surface area contributed by atoms with Crippen molar-refractivity contribution in [2.75, 3.05) is 23.4 Å². The number of alkyl halides is 3. The van der Waals surface area contributed by atoms with Gasteiger partial charge in [0.1, 0.15) is 34.0 Å². The van der Waals surface area contributed by atoms with Gasteiger partial charge < -0.3 is 9.64 Å². The summed E-state index contributed by atoms with van der Waals surface area (Å²) in [5.74, 6) is -4.91. The molecular weight excluding hydrogens is 567 g/mol. The predicted molar refractivity (Wildman–Crippen MR) is 131 cm³/mol. The Morgan fingerprint density at radius 2 is 1.77 bits per heavy atom. The molecule has 0 N–H and O–H groups in total. The van der Waals surface area contributed by atoms with E-state index < -0.39 is 87.6 Å². The van der Waals surface area contributed by atoms with E-state index in [0.29, 0.717) is 20.8 Å². The SMILES string of the molecule is CN(C(=O)C1CN(C(=O)OC(C)(C)C)C(=O)N1c1cc(C(F)(F)F)c2c(n1)C(=O)CC2)c1ccc(F)c(Cl)c1F. The number of carbonyl (C=O) groups is 4. The van der Waals surface area contributed by atoms with Crippen molar-refractivity contribution in [2.45, 2.75) is 51.4 Å². The van der Waals surface area contributed by atoms with Gasteiger partial charge in [-0.05, 0) is 51.0 Å². The molecule has 1 fully saturated rings. The van der Waals surface area contributed by atoms with E-state index in [4.69, 9.17) is 16.3 Å². The van der Waals surface area contributed by atoms with E-state index in [9.17, 15) is 41.1 Å². The van der Waals surface area contributed by atoms with Crippen LogP contribution in [-0.4, -0.2) is 58.9 Å². The number of imide groups is 1. The number of aromatic nitrogens is 1. The van der Waals surface area contributed by atoms with Crippen LogP contribution in [0.25, 0.3) is 0 Å². The Labute approximate surface area is 229 Å². The van der Waals surface area contributed by atoms with Gasteiger partial charge in [0.05, 0.1) is 17.8 Å². The van der Waals surface area contributed by atoms with Gasteiger partial charge in [-0.2, -0.15) is 13.2 Å². The number of hydrogen-bond acceptors (Lipinski definition) is 6. The quantitative estimate of drug-likeness (QED) is 0.353. The standard InChI is InChI=1S/C25H22ClF5N4O5/c1-24(2,3)40-23(39)34-10-15(21(37)33(4)14-7-6-13(27)18(26)19(14)28)35(22(34)38)17-9-12(25(29,30)31)11-5-8-16(36)20(11)32-17/h6-7,9,15H,5,8,10H2,1-4H3. The summed E-state index contributed by atoms with van der Waals surface area (Å²) in [6, 6.07) is -0.794. The van der Waals surface area contributed by atoms with Crippen LogP contribution in [0.5, 0.6) is 0 Å². The maximum absolute atomic E-state index is 14.7. The summed E-state index contributed by atoms with van der Waals surface area (Å²) in [5, 5.41) is -0.916. The highest BCUT2D eigenvalue weighted by Crippen LogP contribution is 2.40. The minimum atomic E-state index is -4.94. The number of anilines is 2. The van der Waals surface area contributed by atoms with Gasteiger partial charge in [-0.15, -0.1) is 0 Å². The van der Waals surface area contributed by atoms with Crippen molar-refractivity contribution in [3.05, 3.63) is 51.7 Å². The first kappa shape index (κ1) is 29.2. The van der Waals surface area contributed by atoms with Crippen LogP contribution in [0.2, 0.25) is 5.02 Å². The zero-order chi connectivity index (χ0) is 29.9. The van der Waals surface area contributed by atoms with Gasteiger partial charge in [-0.3, -0.25) is 14.5 Å². The van der Waals surface area contributed by atoms with E-state index in [-0.39, 0.29) is 18.4 Å². The molecule has 1 saturated heterocycles. The third-order valence-electron chi connectivity index (χ3n) is 6.24. The molecule has 40 heavy (non-hydrogen) atoms. The number of carbonyl (C=O) groups excluding carboxylic acids is 4. The number of nitrogens with zero attached hydrogens (tertiary/aromatic N) is 4. The molecule has 1 atom stereocenters. The van der Waals surface area contributed by atoms with Crippen molar-refractivity contribution in [1.29, 1.82) is 0 Å². The molecule has 1 aromatic heterocycles. The van der Waals surface area contributed by atoms with Crippen LogP contribution in [-0.2, 0) is 22.1 Å². The molecule has 9 nitrogen and oxygen atoms in total. The highest BCUT2D eigenvalue weighted by molar-refractivity contribution is 6.31. The Hall–Kier alpha value is -3.81. The van der Waals surface area contributed by atoms with E-state index in [1.165, 1.54) is 20.8 Å². The van der Waals surface area contributed by atoms with Gasteiger partial charge in [0, 0.05) is 13.5 Å². The van der Waals surface area contributed by atoms with Crippen LogP contribution >= 0.6 is 11.6 Å². The summed E-state index contributed by atoms with van der Waals surface area (Å²) in [6.07, 6.45) is -6.60.